The van der Waals surface area contributed by atoms with Crippen molar-refractivity contribution in [3.63, 3.8) is 0 Å². The first-order valence-electron chi connectivity index (χ1n) is 11.0. The molecule has 0 N–H and O–H groups in total. The number of rotatable bonds is 6. The fourth-order valence-corrected chi connectivity index (χ4v) is 4.01. The SMILES string of the molecule is CCOC(=O)C1=CN(c2cc(C)ccc2C)C=C(C(=O)OCC)C1c1ccc2c(c1)OCO2. The van der Waals surface area contributed by atoms with E-state index in [0.29, 0.717) is 28.2 Å². The molecular weight excluding hydrogens is 422 g/mol. The van der Waals surface area contributed by atoms with Crippen LogP contribution in [0.3, 0.4) is 0 Å². The molecule has 0 amide bonds. The van der Waals surface area contributed by atoms with Gasteiger partial charge in [0.1, 0.15) is 0 Å². The van der Waals surface area contributed by atoms with Gasteiger partial charge in [0.05, 0.1) is 30.3 Å². The Kier molecular flexibility index (Phi) is 6.40. The summed E-state index contributed by atoms with van der Waals surface area (Å²) in [6, 6.07) is 11.4. The van der Waals surface area contributed by atoms with Gasteiger partial charge in [-0.3, -0.25) is 0 Å². The number of benzene rings is 2. The van der Waals surface area contributed by atoms with E-state index in [1.807, 2.05) is 38.1 Å². The number of anilines is 1. The Labute approximate surface area is 193 Å². The van der Waals surface area contributed by atoms with Crippen molar-refractivity contribution in [2.24, 2.45) is 0 Å². The highest BCUT2D eigenvalue weighted by Crippen LogP contribution is 2.42. The van der Waals surface area contributed by atoms with Crippen molar-refractivity contribution >= 4 is 17.6 Å². The number of esters is 2. The van der Waals surface area contributed by atoms with Crippen LogP contribution in [0, 0.1) is 13.8 Å². The predicted octanol–water partition coefficient (Wildman–Crippen LogP) is 4.53. The predicted molar refractivity (Wildman–Crippen MR) is 123 cm³/mol. The lowest BCUT2D eigenvalue weighted by atomic mass is 9.83. The highest BCUT2D eigenvalue weighted by Gasteiger charge is 2.37. The summed E-state index contributed by atoms with van der Waals surface area (Å²) >= 11 is 0. The molecule has 0 fully saturated rings. The molecule has 7 nitrogen and oxygen atoms in total. The molecule has 0 radical (unpaired) electrons. The number of carbonyl (C=O) groups is 2. The van der Waals surface area contributed by atoms with Crippen LogP contribution in [0.2, 0.25) is 0 Å². The van der Waals surface area contributed by atoms with Crippen LogP contribution in [0.25, 0.3) is 0 Å². The van der Waals surface area contributed by atoms with Gasteiger partial charge in [-0.15, -0.1) is 0 Å². The van der Waals surface area contributed by atoms with E-state index in [1.165, 1.54) is 0 Å². The van der Waals surface area contributed by atoms with Crippen LogP contribution in [0.4, 0.5) is 5.69 Å². The van der Waals surface area contributed by atoms with E-state index >= 15 is 0 Å². The van der Waals surface area contributed by atoms with Crippen LogP contribution in [0.5, 0.6) is 11.5 Å². The van der Waals surface area contributed by atoms with Crippen molar-refractivity contribution in [1.29, 1.82) is 0 Å². The van der Waals surface area contributed by atoms with E-state index in [1.54, 1.807) is 43.3 Å². The minimum Gasteiger partial charge on any atom is -0.463 e. The third-order valence-corrected chi connectivity index (χ3v) is 5.57. The zero-order chi connectivity index (χ0) is 23.5. The second kappa shape index (κ2) is 9.40. The Hall–Kier alpha value is -3.74. The van der Waals surface area contributed by atoms with Gasteiger partial charge in [0.15, 0.2) is 11.5 Å². The molecule has 172 valence electrons. The number of ether oxygens (including phenoxy) is 4. The Bertz CT molecular complexity index is 1110. The zero-order valence-electron chi connectivity index (χ0n) is 19.2. The van der Waals surface area contributed by atoms with Gasteiger partial charge in [0.2, 0.25) is 6.79 Å². The maximum absolute atomic E-state index is 13.1. The quantitative estimate of drug-likeness (QED) is 0.600. The highest BCUT2D eigenvalue weighted by molar-refractivity contribution is 6.00. The maximum atomic E-state index is 13.1. The Morgan fingerprint density at radius 2 is 1.55 bits per heavy atom. The Morgan fingerprint density at radius 3 is 2.18 bits per heavy atom. The number of nitrogens with zero attached hydrogens (tertiary/aromatic N) is 1. The summed E-state index contributed by atoms with van der Waals surface area (Å²) < 4.78 is 21.7. The standard InChI is InChI=1S/C26H27NO6/c1-5-30-25(28)19-13-27(21-11-16(3)7-8-17(21)4)14-20(26(29)31-6-2)24(19)18-9-10-22-23(12-18)33-15-32-22/h7-14,24H,5-6,15H2,1-4H3. The van der Waals surface area contributed by atoms with Crippen molar-refractivity contribution < 1.29 is 28.5 Å². The van der Waals surface area contributed by atoms with Crippen molar-refractivity contribution in [3.05, 3.63) is 76.6 Å². The van der Waals surface area contributed by atoms with Crippen molar-refractivity contribution in [3.8, 4) is 11.5 Å². The summed E-state index contributed by atoms with van der Waals surface area (Å²) in [5.74, 6) is -0.486. The molecule has 4 rings (SSSR count). The largest absolute Gasteiger partial charge is 0.463 e. The van der Waals surface area contributed by atoms with Gasteiger partial charge in [0.25, 0.3) is 0 Å². The van der Waals surface area contributed by atoms with E-state index in [-0.39, 0.29) is 20.0 Å². The first-order chi connectivity index (χ1) is 15.9. The van der Waals surface area contributed by atoms with Gasteiger partial charge < -0.3 is 23.8 Å². The fraction of sp³-hybridized carbons (Fsp3) is 0.308. The molecule has 2 aromatic carbocycles. The monoisotopic (exact) mass is 449 g/mol. The highest BCUT2D eigenvalue weighted by atomic mass is 16.7. The minimum absolute atomic E-state index is 0.130. The normalized spacial score (nSPS) is 15.1. The number of carbonyl (C=O) groups excluding carboxylic acids is 2. The molecule has 0 atom stereocenters. The lowest BCUT2D eigenvalue weighted by Gasteiger charge is -2.31. The minimum atomic E-state index is -0.682. The fourth-order valence-electron chi connectivity index (χ4n) is 4.01. The van der Waals surface area contributed by atoms with Gasteiger partial charge in [-0.05, 0) is 62.6 Å². The van der Waals surface area contributed by atoms with Crippen molar-refractivity contribution in [1.82, 2.24) is 0 Å². The number of fused-ring (bicyclic) bond motifs is 1. The Balaban J connectivity index is 1.88. The summed E-state index contributed by atoms with van der Waals surface area (Å²) in [5, 5.41) is 0. The first-order valence-corrected chi connectivity index (χ1v) is 11.0. The number of hydrogen-bond acceptors (Lipinski definition) is 7. The molecule has 2 aliphatic heterocycles. The smallest absolute Gasteiger partial charge is 0.336 e. The molecule has 33 heavy (non-hydrogen) atoms. The first kappa shape index (κ1) is 22.5. The molecule has 0 saturated carbocycles. The van der Waals surface area contributed by atoms with Crippen LogP contribution in [0.1, 0.15) is 36.5 Å². The summed E-state index contributed by atoms with van der Waals surface area (Å²) in [5.41, 5.74) is 4.30. The summed E-state index contributed by atoms with van der Waals surface area (Å²) in [7, 11) is 0. The third-order valence-electron chi connectivity index (χ3n) is 5.57. The molecule has 0 bridgehead atoms. The molecule has 2 aromatic rings. The van der Waals surface area contributed by atoms with Gasteiger partial charge in [-0.2, -0.15) is 0 Å². The molecule has 0 spiro atoms. The molecule has 7 heteroatoms. The van der Waals surface area contributed by atoms with Crippen LogP contribution in [-0.4, -0.2) is 31.9 Å². The summed E-state index contributed by atoms with van der Waals surface area (Å²) in [6.07, 6.45) is 3.47. The van der Waals surface area contributed by atoms with E-state index < -0.39 is 17.9 Å². The average molecular weight is 450 g/mol. The van der Waals surface area contributed by atoms with Crippen molar-refractivity contribution in [2.45, 2.75) is 33.6 Å². The van der Waals surface area contributed by atoms with E-state index in [9.17, 15) is 9.59 Å². The van der Waals surface area contributed by atoms with Gasteiger partial charge in [-0.25, -0.2) is 9.59 Å². The van der Waals surface area contributed by atoms with Crippen LogP contribution in [-0.2, 0) is 19.1 Å². The second-order valence-electron chi connectivity index (χ2n) is 7.85. The number of aryl methyl sites for hydroxylation is 2. The lowest BCUT2D eigenvalue weighted by molar-refractivity contribution is -0.139. The molecule has 0 aliphatic carbocycles. The van der Waals surface area contributed by atoms with Gasteiger partial charge in [0, 0.05) is 18.1 Å². The van der Waals surface area contributed by atoms with E-state index in [0.717, 1.165) is 16.8 Å². The molecule has 0 aromatic heterocycles. The second-order valence-corrected chi connectivity index (χ2v) is 7.85. The van der Waals surface area contributed by atoms with Crippen molar-refractivity contribution in [2.75, 3.05) is 24.9 Å². The van der Waals surface area contributed by atoms with Gasteiger partial charge in [-0.1, -0.05) is 18.2 Å². The van der Waals surface area contributed by atoms with E-state index in [2.05, 4.69) is 0 Å². The molecular formula is C26H27NO6. The maximum Gasteiger partial charge on any atom is 0.336 e. The van der Waals surface area contributed by atoms with Gasteiger partial charge >= 0.3 is 11.9 Å². The summed E-state index contributed by atoms with van der Waals surface area (Å²) in [6.45, 7) is 8.04. The third kappa shape index (κ3) is 4.44. The zero-order valence-corrected chi connectivity index (χ0v) is 19.2. The Morgan fingerprint density at radius 1 is 0.909 bits per heavy atom. The molecule has 0 unspecified atom stereocenters. The van der Waals surface area contributed by atoms with Crippen LogP contribution >= 0.6 is 0 Å². The molecule has 2 aliphatic rings. The number of hydrogen-bond donors (Lipinski definition) is 0. The lowest BCUT2D eigenvalue weighted by Crippen LogP contribution is -2.29. The molecule has 0 saturated heterocycles. The average Bonchev–Trinajstić information content (AvgIpc) is 3.28. The topological polar surface area (TPSA) is 74.3 Å². The molecule has 2 heterocycles. The van der Waals surface area contributed by atoms with E-state index in [4.69, 9.17) is 18.9 Å². The van der Waals surface area contributed by atoms with Crippen LogP contribution in [0.15, 0.2) is 59.9 Å². The summed E-state index contributed by atoms with van der Waals surface area (Å²) in [4.78, 5) is 28.0. The van der Waals surface area contributed by atoms with Crippen LogP contribution < -0.4 is 14.4 Å².